The number of carboxylic acid groups (broad SMARTS) is 2. The molecular weight excluding hydrogens is 602 g/mol. The van der Waals surface area contributed by atoms with Crippen LogP contribution in [-0.2, 0) is 30.4 Å². The summed E-state index contributed by atoms with van der Waals surface area (Å²) in [7, 11) is 0. The summed E-state index contributed by atoms with van der Waals surface area (Å²) < 4.78 is 0. The van der Waals surface area contributed by atoms with Gasteiger partial charge < -0.3 is 37.0 Å². The van der Waals surface area contributed by atoms with Gasteiger partial charge in [0.25, 0.3) is 0 Å². The summed E-state index contributed by atoms with van der Waals surface area (Å²) in [4.78, 5) is 63.6. The molecule has 256 valence electrons. The molecule has 0 saturated heterocycles. The molecule has 8 atom stereocenters. The quantitative estimate of drug-likeness (QED) is 0.0902. The lowest BCUT2D eigenvalue weighted by molar-refractivity contribution is -0.140. The standard InChI is InChI=1S/C31H53N5O8S/c1-7-10-22(31(43)44)33-19(6)27(39)23(15-17(3)4)34-29(41)24(16-20-11-9-14-45-20)35-30(42)26(18(5)8-2)36-28(40)21(32)12-13-25(37)38/h9,11,14,17-19,21-24,26-27,33,39H,7-8,10,12-13,15-16,32H2,1-6H3,(H,34,41)(H,35,42)(H,36,40)(H,37,38)(H,43,44)/t18-,19?,21-,22-,23-,24-,26-,27-/m0/s1. The maximum Gasteiger partial charge on any atom is 0.320 e. The molecule has 0 fully saturated rings. The van der Waals surface area contributed by atoms with Gasteiger partial charge in [-0.3, -0.25) is 29.3 Å². The van der Waals surface area contributed by atoms with Crippen molar-refractivity contribution in [3.8, 4) is 0 Å². The zero-order valence-corrected chi connectivity index (χ0v) is 28.1. The van der Waals surface area contributed by atoms with Crippen LogP contribution in [0.5, 0.6) is 0 Å². The largest absolute Gasteiger partial charge is 0.481 e. The first kappa shape index (κ1) is 40.0. The topological polar surface area (TPSA) is 220 Å². The third-order valence-electron chi connectivity index (χ3n) is 7.73. The SMILES string of the molecule is CCC[C@H](NC(C)[C@H](O)[C@H](CC(C)C)NC(=O)[C@H](Cc1cccs1)NC(=O)[C@@H](NC(=O)[C@@H](N)CCC(=O)O)[C@@H](C)CC)C(=O)O. The summed E-state index contributed by atoms with van der Waals surface area (Å²) >= 11 is 1.41. The van der Waals surface area contributed by atoms with Crippen molar-refractivity contribution in [3.05, 3.63) is 22.4 Å². The highest BCUT2D eigenvalue weighted by Gasteiger charge is 2.34. The number of hydrogen-bond acceptors (Lipinski definition) is 9. The molecular formula is C31H53N5O8S. The van der Waals surface area contributed by atoms with E-state index in [1.54, 1.807) is 13.8 Å². The molecule has 0 saturated carbocycles. The number of nitrogens with one attached hydrogen (secondary N) is 4. The minimum atomic E-state index is -1.13. The average Bonchev–Trinajstić information content (AvgIpc) is 3.49. The molecule has 45 heavy (non-hydrogen) atoms. The van der Waals surface area contributed by atoms with Gasteiger partial charge in [-0.2, -0.15) is 0 Å². The normalized spacial score (nSPS) is 16.8. The number of aliphatic carboxylic acids is 2. The lowest BCUT2D eigenvalue weighted by Gasteiger charge is -2.33. The number of rotatable bonds is 22. The molecule has 1 unspecified atom stereocenters. The lowest BCUT2D eigenvalue weighted by Crippen LogP contribution is -2.60. The molecule has 1 aromatic rings. The van der Waals surface area contributed by atoms with Gasteiger partial charge in [0.2, 0.25) is 17.7 Å². The first-order valence-electron chi connectivity index (χ1n) is 15.7. The molecule has 1 rings (SSSR count). The van der Waals surface area contributed by atoms with Crippen molar-refractivity contribution in [2.75, 3.05) is 0 Å². The number of carboxylic acids is 2. The van der Waals surface area contributed by atoms with E-state index < -0.39 is 72.0 Å². The molecule has 0 aromatic carbocycles. The molecule has 0 spiro atoms. The molecule has 0 aliphatic heterocycles. The fourth-order valence-corrected chi connectivity index (χ4v) is 5.63. The van der Waals surface area contributed by atoms with E-state index in [1.165, 1.54) is 11.3 Å². The van der Waals surface area contributed by atoms with Crippen molar-refractivity contribution in [1.82, 2.24) is 21.3 Å². The van der Waals surface area contributed by atoms with E-state index in [1.807, 2.05) is 45.2 Å². The van der Waals surface area contributed by atoms with Crippen LogP contribution in [0.15, 0.2) is 17.5 Å². The average molecular weight is 656 g/mol. The number of carbonyl (C=O) groups excluding carboxylic acids is 3. The van der Waals surface area contributed by atoms with Crippen molar-refractivity contribution in [1.29, 1.82) is 0 Å². The Morgan fingerprint density at radius 3 is 2.09 bits per heavy atom. The molecule has 0 aliphatic rings. The zero-order chi connectivity index (χ0) is 34.3. The highest BCUT2D eigenvalue weighted by atomic mass is 32.1. The predicted molar refractivity (Wildman–Crippen MR) is 173 cm³/mol. The number of carbonyl (C=O) groups is 5. The number of aliphatic hydroxyl groups is 1. The Labute approximate surface area is 270 Å². The molecule has 3 amide bonds. The van der Waals surface area contributed by atoms with E-state index in [9.17, 15) is 34.2 Å². The van der Waals surface area contributed by atoms with Crippen LogP contribution in [0.2, 0.25) is 0 Å². The maximum absolute atomic E-state index is 13.8. The second-order valence-corrected chi connectivity index (χ2v) is 13.2. The minimum absolute atomic E-state index is 0.0729. The van der Waals surface area contributed by atoms with Gasteiger partial charge in [-0.05, 0) is 49.5 Å². The third-order valence-corrected chi connectivity index (χ3v) is 8.63. The van der Waals surface area contributed by atoms with E-state index in [4.69, 9.17) is 10.8 Å². The molecule has 13 nitrogen and oxygen atoms in total. The fraction of sp³-hybridized carbons (Fsp3) is 0.710. The van der Waals surface area contributed by atoms with Crippen LogP contribution >= 0.6 is 11.3 Å². The van der Waals surface area contributed by atoms with Crippen LogP contribution in [0.25, 0.3) is 0 Å². The van der Waals surface area contributed by atoms with E-state index in [-0.39, 0.29) is 31.1 Å². The molecule has 0 aliphatic carbocycles. The van der Waals surface area contributed by atoms with Crippen LogP contribution in [-0.4, -0.2) is 87.3 Å². The molecule has 1 heterocycles. The van der Waals surface area contributed by atoms with Crippen molar-refractivity contribution < 1.29 is 39.3 Å². The first-order chi connectivity index (χ1) is 21.1. The summed E-state index contributed by atoms with van der Waals surface area (Å²) in [5, 5.41) is 42.9. The third kappa shape index (κ3) is 14.3. The van der Waals surface area contributed by atoms with Crippen LogP contribution in [0, 0.1) is 11.8 Å². The number of aliphatic hydroxyl groups excluding tert-OH is 1. The van der Waals surface area contributed by atoms with Crippen molar-refractivity contribution in [2.45, 2.75) is 129 Å². The Balaban J connectivity index is 3.22. The van der Waals surface area contributed by atoms with Gasteiger partial charge in [0.05, 0.1) is 18.2 Å². The summed E-state index contributed by atoms with van der Waals surface area (Å²) in [6, 6.07) is -1.84. The number of nitrogens with two attached hydrogens (primary N) is 1. The summed E-state index contributed by atoms with van der Waals surface area (Å²) in [5.41, 5.74) is 5.87. The lowest BCUT2D eigenvalue weighted by atomic mass is 9.94. The van der Waals surface area contributed by atoms with Crippen LogP contribution < -0.4 is 27.0 Å². The summed E-state index contributed by atoms with van der Waals surface area (Å²) in [5.74, 6) is -4.18. The molecule has 1 aromatic heterocycles. The Morgan fingerprint density at radius 2 is 1.58 bits per heavy atom. The van der Waals surface area contributed by atoms with Gasteiger partial charge in [0.1, 0.15) is 18.1 Å². The number of amides is 3. The van der Waals surface area contributed by atoms with E-state index in [0.717, 1.165) is 4.88 Å². The predicted octanol–water partition coefficient (Wildman–Crippen LogP) is 1.62. The van der Waals surface area contributed by atoms with Crippen molar-refractivity contribution in [2.24, 2.45) is 17.6 Å². The zero-order valence-electron chi connectivity index (χ0n) is 27.2. The van der Waals surface area contributed by atoms with Crippen molar-refractivity contribution >= 4 is 41.0 Å². The summed E-state index contributed by atoms with van der Waals surface area (Å²) in [6.45, 7) is 11.0. The fourth-order valence-electron chi connectivity index (χ4n) is 4.88. The van der Waals surface area contributed by atoms with Crippen molar-refractivity contribution in [3.63, 3.8) is 0 Å². The van der Waals surface area contributed by atoms with E-state index in [0.29, 0.717) is 25.7 Å². The Bertz CT molecular complexity index is 1090. The highest BCUT2D eigenvalue weighted by molar-refractivity contribution is 7.09. The van der Waals surface area contributed by atoms with E-state index in [2.05, 4.69) is 21.3 Å². The Kier molecular flexibility index (Phi) is 17.9. The highest BCUT2D eigenvalue weighted by Crippen LogP contribution is 2.16. The van der Waals surface area contributed by atoms with Gasteiger partial charge in [-0.25, -0.2) is 0 Å². The second kappa shape index (κ2) is 20.1. The number of thiophene rings is 1. The Morgan fingerprint density at radius 1 is 0.911 bits per heavy atom. The molecule has 0 radical (unpaired) electrons. The maximum atomic E-state index is 13.8. The smallest absolute Gasteiger partial charge is 0.320 e. The van der Waals surface area contributed by atoms with Gasteiger partial charge in [-0.1, -0.05) is 53.5 Å². The van der Waals surface area contributed by atoms with Crippen LogP contribution in [0.4, 0.5) is 0 Å². The second-order valence-electron chi connectivity index (χ2n) is 12.1. The van der Waals surface area contributed by atoms with Crippen LogP contribution in [0.1, 0.15) is 84.9 Å². The van der Waals surface area contributed by atoms with Gasteiger partial charge in [0, 0.05) is 23.8 Å². The van der Waals surface area contributed by atoms with Gasteiger partial charge >= 0.3 is 11.9 Å². The first-order valence-corrected chi connectivity index (χ1v) is 16.6. The van der Waals surface area contributed by atoms with Gasteiger partial charge in [0.15, 0.2) is 0 Å². The molecule has 14 heteroatoms. The monoisotopic (exact) mass is 655 g/mol. The number of hydrogen-bond donors (Lipinski definition) is 8. The Hall–Kier alpha value is -3.07. The summed E-state index contributed by atoms with van der Waals surface area (Å²) in [6.07, 6.45) is 0.550. The minimum Gasteiger partial charge on any atom is -0.481 e. The van der Waals surface area contributed by atoms with Gasteiger partial charge in [-0.15, -0.1) is 11.3 Å². The van der Waals surface area contributed by atoms with Crippen LogP contribution in [0.3, 0.4) is 0 Å². The molecule has 9 N–H and O–H groups in total. The molecule has 0 bridgehead atoms. The van der Waals surface area contributed by atoms with E-state index >= 15 is 0 Å².